The van der Waals surface area contributed by atoms with E-state index in [2.05, 4.69) is 19.9 Å². The van der Waals surface area contributed by atoms with Crippen LogP contribution < -0.4 is 5.73 Å². The highest BCUT2D eigenvalue weighted by Crippen LogP contribution is 2.22. The van der Waals surface area contributed by atoms with Crippen molar-refractivity contribution in [3.63, 3.8) is 0 Å². The second-order valence-electron chi connectivity index (χ2n) is 3.45. The standard InChI is InChI=1S/C10H13N5O2S/c1-2-17-10(16)6(11)3-18-9-7-8(13-4-12-7)14-5-15-9/h4-6H,2-3,11H2,1H3,(H,12,13,14,15)/t6-/m0/s1. The number of carbonyl (C=O) groups is 1. The summed E-state index contributed by atoms with van der Waals surface area (Å²) in [5.74, 6) is -0.0100. The first-order chi connectivity index (χ1) is 8.72. The maximum Gasteiger partial charge on any atom is 0.323 e. The van der Waals surface area contributed by atoms with Gasteiger partial charge in [0.25, 0.3) is 0 Å². The molecule has 8 heteroatoms. The Balaban J connectivity index is 2.02. The molecule has 0 unspecified atom stereocenters. The third kappa shape index (κ3) is 2.77. The van der Waals surface area contributed by atoms with E-state index in [1.165, 1.54) is 18.1 Å². The molecule has 2 aromatic heterocycles. The first kappa shape index (κ1) is 12.8. The van der Waals surface area contributed by atoms with Crippen molar-refractivity contribution in [3.05, 3.63) is 12.7 Å². The third-order valence-electron chi connectivity index (χ3n) is 2.18. The van der Waals surface area contributed by atoms with Crippen molar-refractivity contribution in [2.24, 2.45) is 5.73 Å². The molecule has 0 aliphatic heterocycles. The van der Waals surface area contributed by atoms with Gasteiger partial charge in [-0.25, -0.2) is 15.0 Å². The molecule has 96 valence electrons. The monoisotopic (exact) mass is 267 g/mol. The topological polar surface area (TPSA) is 107 Å². The summed E-state index contributed by atoms with van der Waals surface area (Å²) in [7, 11) is 0. The zero-order valence-electron chi connectivity index (χ0n) is 9.79. The second-order valence-corrected chi connectivity index (χ2v) is 4.46. The highest BCUT2D eigenvalue weighted by atomic mass is 32.2. The Morgan fingerprint density at radius 3 is 3.17 bits per heavy atom. The predicted molar refractivity (Wildman–Crippen MR) is 67.0 cm³/mol. The molecule has 1 atom stereocenters. The van der Waals surface area contributed by atoms with Gasteiger partial charge in [0, 0.05) is 5.75 Å². The minimum Gasteiger partial charge on any atom is -0.465 e. The summed E-state index contributed by atoms with van der Waals surface area (Å²) in [6, 6.07) is -0.664. The first-order valence-electron chi connectivity index (χ1n) is 5.41. The Hall–Kier alpha value is -1.67. The Labute approximate surface area is 108 Å². The largest absolute Gasteiger partial charge is 0.465 e. The predicted octanol–water partition coefficient (Wildman–Crippen LogP) is 0.335. The van der Waals surface area contributed by atoms with Gasteiger partial charge in [-0.1, -0.05) is 0 Å². The summed E-state index contributed by atoms with van der Waals surface area (Å²) >= 11 is 1.37. The number of imidazole rings is 1. The van der Waals surface area contributed by atoms with E-state index in [1.807, 2.05) is 0 Å². The Bertz CT molecular complexity index is 544. The number of rotatable bonds is 5. The van der Waals surface area contributed by atoms with Crippen LogP contribution in [-0.2, 0) is 9.53 Å². The van der Waals surface area contributed by atoms with Gasteiger partial charge < -0.3 is 15.5 Å². The Morgan fingerprint density at radius 2 is 2.39 bits per heavy atom. The molecule has 7 nitrogen and oxygen atoms in total. The SMILES string of the molecule is CCOC(=O)[C@@H](N)CSc1ncnc2nc[nH]c12. The van der Waals surface area contributed by atoms with Crippen LogP contribution in [0.3, 0.4) is 0 Å². The molecule has 0 aromatic carbocycles. The molecule has 18 heavy (non-hydrogen) atoms. The number of nitrogens with two attached hydrogens (primary N) is 1. The van der Waals surface area contributed by atoms with Gasteiger partial charge >= 0.3 is 5.97 Å². The molecule has 0 amide bonds. The number of esters is 1. The fraction of sp³-hybridized carbons (Fsp3) is 0.400. The molecule has 0 aliphatic rings. The van der Waals surface area contributed by atoms with Crippen LogP contribution in [0.15, 0.2) is 17.7 Å². The Morgan fingerprint density at radius 1 is 1.56 bits per heavy atom. The lowest BCUT2D eigenvalue weighted by Gasteiger charge is -2.09. The lowest BCUT2D eigenvalue weighted by Crippen LogP contribution is -2.34. The van der Waals surface area contributed by atoms with Crippen molar-refractivity contribution in [1.82, 2.24) is 19.9 Å². The van der Waals surface area contributed by atoms with Gasteiger partial charge in [-0.05, 0) is 6.92 Å². The van der Waals surface area contributed by atoms with E-state index in [4.69, 9.17) is 10.5 Å². The van der Waals surface area contributed by atoms with Crippen LogP contribution >= 0.6 is 11.8 Å². The van der Waals surface area contributed by atoms with Crippen LogP contribution in [0.1, 0.15) is 6.92 Å². The zero-order valence-corrected chi connectivity index (χ0v) is 10.6. The summed E-state index contributed by atoms with van der Waals surface area (Å²) in [6.07, 6.45) is 2.98. The van der Waals surface area contributed by atoms with Crippen LogP contribution in [0, 0.1) is 0 Å². The van der Waals surface area contributed by atoms with E-state index < -0.39 is 12.0 Å². The minimum atomic E-state index is -0.664. The highest BCUT2D eigenvalue weighted by Gasteiger charge is 2.16. The van der Waals surface area contributed by atoms with E-state index >= 15 is 0 Å². The molecule has 0 fully saturated rings. The fourth-order valence-corrected chi connectivity index (χ4v) is 2.23. The van der Waals surface area contributed by atoms with Gasteiger partial charge in [0.2, 0.25) is 0 Å². The lowest BCUT2D eigenvalue weighted by atomic mass is 10.4. The van der Waals surface area contributed by atoms with Crippen molar-refractivity contribution in [1.29, 1.82) is 0 Å². The van der Waals surface area contributed by atoms with Crippen molar-refractivity contribution in [3.8, 4) is 0 Å². The highest BCUT2D eigenvalue weighted by molar-refractivity contribution is 7.99. The van der Waals surface area contributed by atoms with Gasteiger partial charge in [0.1, 0.15) is 22.9 Å². The number of hydrogen-bond acceptors (Lipinski definition) is 7. The minimum absolute atomic E-state index is 0.329. The van der Waals surface area contributed by atoms with E-state index in [9.17, 15) is 4.79 Å². The summed E-state index contributed by atoms with van der Waals surface area (Å²) < 4.78 is 4.83. The normalized spacial score (nSPS) is 12.6. The first-order valence-corrected chi connectivity index (χ1v) is 6.40. The van der Waals surface area contributed by atoms with Crippen molar-refractivity contribution in [2.75, 3.05) is 12.4 Å². The summed E-state index contributed by atoms with van der Waals surface area (Å²) in [5, 5.41) is 0.720. The number of aromatic nitrogens is 4. The van der Waals surface area contributed by atoms with Gasteiger partial charge in [-0.15, -0.1) is 11.8 Å². The number of fused-ring (bicyclic) bond motifs is 1. The van der Waals surface area contributed by atoms with Crippen molar-refractivity contribution in [2.45, 2.75) is 18.0 Å². The maximum atomic E-state index is 11.4. The van der Waals surface area contributed by atoms with Crippen LogP contribution in [0.2, 0.25) is 0 Å². The van der Waals surface area contributed by atoms with Crippen molar-refractivity contribution < 1.29 is 9.53 Å². The van der Waals surface area contributed by atoms with E-state index in [0.717, 1.165) is 10.5 Å². The fourth-order valence-electron chi connectivity index (χ4n) is 1.34. The summed E-state index contributed by atoms with van der Waals surface area (Å²) in [6.45, 7) is 2.08. The molecule has 0 aliphatic carbocycles. The average Bonchev–Trinajstić information content (AvgIpc) is 2.84. The average molecular weight is 267 g/mol. The molecule has 0 spiro atoms. The lowest BCUT2D eigenvalue weighted by molar-refractivity contribution is -0.144. The quantitative estimate of drug-likeness (QED) is 0.457. The van der Waals surface area contributed by atoms with Crippen LogP contribution in [0.5, 0.6) is 0 Å². The van der Waals surface area contributed by atoms with Gasteiger partial charge in [0.15, 0.2) is 5.65 Å². The van der Waals surface area contributed by atoms with Gasteiger partial charge in [-0.2, -0.15) is 0 Å². The number of hydrogen-bond donors (Lipinski definition) is 2. The van der Waals surface area contributed by atoms with Gasteiger partial charge in [0.05, 0.1) is 12.9 Å². The number of carbonyl (C=O) groups excluding carboxylic acids is 1. The second kappa shape index (κ2) is 5.78. The molecular formula is C10H13N5O2S. The molecule has 0 saturated carbocycles. The van der Waals surface area contributed by atoms with Crippen LogP contribution in [0.4, 0.5) is 0 Å². The number of H-pyrrole nitrogens is 1. The maximum absolute atomic E-state index is 11.4. The molecule has 0 bridgehead atoms. The van der Waals surface area contributed by atoms with E-state index in [-0.39, 0.29) is 0 Å². The smallest absolute Gasteiger partial charge is 0.323 e. The number of nitrogens with one attached hydrogen (secondary N) is 1. The summed E-state index contributed by atoms with van der Waals surface area (Å²) in [4.78, 5) is 26.5. The number of thioether (sulfide) groups is 1. The summed E-state index contributed by atoms with van der Waals surface area (Å²) in [5.41, 5.74) is 7.05. The zero-order chi connectivity index (χ0) is 13.0. The molecule has 0 radical (unpaired) electrons. The molecule has 3 N–H and O–H groups in total. The van der Waals surface area contributed by atoms with E-state index in [0.29, 0.717) is 18.0 Å². The van der Waals surface area contributed by atoms with Gasteiger partial charge in [-0.3, -0.25) is 4.79 Å². The number of nitrogens with zero attached hydrogens (tertiary/aromatic N) is 3. The van der Waals surface area contributed by atoms with Crippen molar-refractivity contribution >= 4 is 28.9 Å². The molecule has 2 aromatic rings. The molecule has 2 heterocycles. The Kier molecular flexibility index (Phi) is 4.11. The third-order valence-corrected chi connectivity index (χ3v) is 3.29. The molecule has 0 saturated heterocycles. The number of ether oxygens (including phenoxy) is 1. The number of aromatic amines is 1. The van der Waals surface area contributed by atoms with E-state index in [1.54, 1.807) is 13.3 Å². The van der Waals surface area contributed by atoms with Crippen LogP contribution in [-0.4, -0.2) is 44.3 Å². The molecule has 2 rings (SSSR count). The van der Waals surface area contributed by atoms with Crippen LogP contribution in [0.25, 0.3) is 11.2 Å². The molecular weight excluding hydrogens is 254 g/mol.